The fourth-order valence-corrected chi connectivity index (χ4v) is 4.84. The molecule has 3 aromatic rings. The molecule has 2 aromatic heterocycles. The van der Waals surface area contributed by atoms with Crippen LogP contribution in [0, 0.1) is 20.8 Å². The summed E-state index contributed by atoms with van der Waals surface area (Å²) in [5.41, 5.74) is 2.71. The highest BCUT2D eigenvalue weighted by atomic mass is 32.2. The summed E-state index contributed by atoms with van der Waals surface area (Å²) in [6.07, 6.45) is 1.88. The Morgan fingerprint density at radius 2 is 2.03 bits per heavy atom. The molecule has 0 spiro atoms. The van der Waals surface area contributed by atoms with Gasteiger partial charge in [0.1, 0.15) is 5.76 Å². The molecule has 1 aliphatic heterocycles. The van der Waals surface area contributed by atoms with E-state index in [0.29, 0.717) is 18.3 Å². The number of likely N-dealkylation sites (tertiary alicyclic amines) is 1. The molecule has 1 unspecified atom stereocenters. The van der Waals surface area contributed by atoms with E-state index in [4.69, 9.17) is 9.05 Å². The highest BCUT2D eigenvalue weighted by Crippen LogP contribution is 2.31. The van der Waals surface area contributed by atoms with Gasteiger partial charge in [0.15, 0.2) is 5.82 Å². The monoisotopic (exact) mass is 412 g/mol. The summed E-state index contributed by atoms with van der Waals surface area (Å²) in [6.45, 7) is 7.01. The average molecular weight is 413 g/mol. The Morgan fingerprint density at radius 1 is 1.21 bits per heavy atom. The van der Waals surface area contributed by atoms with Crippen molar-refractivity contribution >= 4 is 17.7 Å². The number of carbonyl (C=O) groups excluding carboxylic acids is 1. The van der Waals surface area contributed by atoms with Crippen molar-refractivity contribution < 1.29 is 13.8 Å². The summed E-state index contributed by atoms with van der Waals surface area (Å²) in [5.74, 6) is 2.94. The van der Waals surface area contributed by atoms with E-state index in [1.165, 1.54) is 0 Å². The molecule has 1 saturated heterocycles. The van der Waals surface area contributed by atoms with E-state index < -0.39 is 0 Å². The first-order valence-electron chi connectivity index (χ1n) is 9.76. The first-order valence-corrected chi connectivity index (χ1v) is 10.7. The number of aryl methyl sites for hydroxylation is 3. The van der Waals surface area contributed by atoms with Crippen LogP contribution in [0.3, 0.4) is 0 Å². The molecule has 4 rings (SSSR count). The number of hydrogen-bond acceptors (Lipinski definition) is 7. The lowest BCUT2D eigenvalue weighted by Gasteiger charge is -2.31. The number of aromatic nitrogens is 3. The first kappa shape index (κ1) is 19.7. The highest BCUT2D eigenvalue weighted by Gasteiger charge is 2.29. The minimum Gasteiger partial charge on any atom is -0.361 e. The molecule has 1 aromatic carbocycles. The zero-order chi connectivity index (χ0) is 20.4. The number of rotatable bonds is 5. The number of amides is 1. The van der Waals surface area contributed by atoms with Gasteiger partial charge in [-0.1, -0.05) is 22.4 Å². The Labute approximate surface area is 173 Å². The second-order valence-corrected chi connectivity index (χ2v) is 8.37. The van der Waals surface area contributed by atoms with Crippen LogP contribution in [0.25, 0.3) is 0 Å². The van der Waals surface area contributed by atoms with E-state index >= 15 is 0 Å². The Hall–Kier alpha value is -2.61. The summed E-state index contributed by atoms with van der Waals surface area (Å²) in [5, 5.41) is 7.91. The number of carbonyl (C=O) groups is 1. The van der Waals surface area contributed by atoms with Crippen molar-refractivity contribution in [2.24, 2.45) is 0 Å². The third-order valence-corrected chi connectivity index (χ3v) is 6.37. The molecule has 0 N–H and O–H groups in total. The van der Waals surface area contributed by atoms with Crippen molar-refractivity contribution in [1.29, 1.82) is 0 Å². The smallest absolute Gasteiger partial charge is 0.255 e. The number of benzene rings is 1. The number of nitrogens with zero attached hydrogens (tertiary/aromatic N) is 4. The fourth-order valence-electron chi connectivity index (χ4n) is 3.64. The van der Waals surface area contributed by atoms with E-state index in [0.717, 1.165) is 52.6 Å². The van der Waals surface area contributed by atoms with Gasteiger partial charge in [-0.05, 0) is 45.7 Å². The number of piperidine rings is 1. The van der Waals surface area contributed by atoms with Gasteiger partial charge in [-0.3, -0.25) is 4.79 Å². The zero-order valence-corrected chi connectivity index (χ0v) is 17.7. The molecule has 1 atom stereocenters. The van der Waals surface area contributed by atoms with Gasteiger partial charge in [0, 0.05) is 29.3 Å². The lowest BCUT2D eigenvalue weighted by Crippen LogP contribution is -2.39. The molecule has 0 saturated carbocycles. The topological polar surface area (TPSA) is 85.3 Å². The van der Waals surface area contributed by atoms with Gasteiger partial charge in [-0.25, -0.2) is 0 Å². The van der Waals surface area contributed by atoms with Crippen molar-refractivity contribution in [1.82, 2.24) is 20.2 Å². The van der Waals surface area contributed by atoms with E-state index in [1.807, 2.05) is 49.9 Å². The van der Waals surface area contributed by atoms with Crippen LogP contribution in [0.2, 0.25) is 0 Å². The minimum atomic E-state index is 0.0489. The van der Waals surface area contributed by atoms with E-state index in [9.17, 15) is 4.79 Å². The normalized spacial score (nSPS) is 16.9. The van der Waals surface area contributed by atoms with Gasteiger partial charge in [0.05, 0.1) is 17.2 Å². The standard InChI is InChI=1S/C21H24N4O3S/c1-13-18(14(2)27-23-13)12-29-19-9-5-4-8-17(19)21(26)25-10-6-7-16(11-25)20-22-15(3)24-28-20/h4-5,8-9,16H,6-7,10-12H2,1-3H3. The second kappa shape index (κ2) is 8.41. The van der Waals surface area contributed by atoms with Crippen LogP contribution in [-0.2, 0) is 5.75 Å². The predicted molar refractivity (Wildman–Crippen MR) is 109 cm³/mol. The molecule has 29 heavy (non-hydrogen) atoms. The molecule has 0 bridgehead atoms. The maximum atomic E-state index is 13.3. The van der Waals surface area contributed by atoms with Crippen LogP contribution in [-0.4, -0.2) is 39.2 Å². The van der Waals surface area contributed by atoms with Gasteiger partial charge in [0.2, 0.25) is 5.89 Å². The largest absolute Gasteiger partial charge is 0.361 e. The van der Waals surface area contributed by atoms with Gasteiger partial charge >= 0.3 is 0 Å². The number of hydrogen-bond donors (Lipinski definition) is 0. The Morgan fingerprint density at radius 3 is 2.76 bits per heavy atom. The zero-order valence-electron chi connectivity index (χ0n) is 16.8. The third kappa shape index (κ3) is 4.22. The molecule has 1 aliphatic rings. The van der Waals surface area contributed by atoms with E-state index in [2.05, 4.69) is 15.3 Å². The maximum Gasteiger partial charge on any atom is 0.255 e. The lowest BCUT2D eigenvalue weighted by molar-refractivity contribution is 0.0692. The van der Waals surface area contributed by atoms with Crippen molar-refractivity contribution in [3.8, 4) is 0 Å². The fraction of sp³-hybridized carbons (Fsp3) is 0.429. The molecular formula is C21H24N4O3S. The lowest BCUT2D eigenvalue weighted by atomic mass is 9.97. The summed E-state index contributed by atoms with van der Waals surface area (Å²) in [7, 11) is 0. The SMILES string of the molecule is Cc1noc(C2CCCN(C(=O)c3ccccc3SCc3c(C)noc3C)C2)n1. The highest BCUT2D eigenvalue weighted by molar-refractivity contribution is 7.98. The Kier molecular flexibility index (Phi) is 5.71. The van der Waals surface area contributed by atoms with Crippen molar-refractivity contribution in [3.05, 3.63) is 58.6 Å². The molecule has 1 amide bonds. The van der Waals surface area contributed by atoms with Crippen LogP contribution in [0.5, 0.6) is 0 Å². The first-order chi connectivity index (χ1) is 14.0. The molecule has 7 nitrogen and oxygen atoms in total. The molecular weight excluding hydrogens is 388 g/mol. The van der Waals surface area contributed by atoms with Crippen molar-refractivity contribution in [2.75, 3.05) is 13.1 Å². The van der Waals surface area contributed by atoms with E-state index in [-0.39, 0.29) is 11.8 Å². The molecule has 0 aliphatic carbocycles. The molecule has 0 radical (unpaired) electrons. The third-order valence-electron chi connectivity index (χ3n) is 5.27. The van der Waals surface area contributed by atoms with Crippen molar-refractivity contribution in [3.63, 3.8) is 0 Å². The predicted octanol–water partition coefficient (Wildman–Crippen LogP) is 4.29. The minimum absolute atomic E-state index is 0.0489. The molecule has 152 valence electrons. The van der Waals surface area contributed by atoms with Crippen molar-refractivity contribution in [2.45, 2.75) is 50.2 Å². The van der Waals surface area contributed by atoms with Gasteiger partial charge in [0.25, 0.3) is 5.91 Å². The molecule has 8 heteroatoms. The second-order valence-electron chi connectivity index (χ2n) is 7.36. The quantitative estimate of drug-likeness (QED) is 0.578. The Balaban J connectivity index is 1.50. The van der Waals surface area contributed by atoms with Crippen LogP contribution in [0.15, 0.2) is 38.2 Å². The number of thioether (sulfide) groups is 1. The van der Waals surface area contributed by atoms with Crippen LogP contribution in [0.1, 0.15) is 57.9 Å². The van der Waals surface area contributed by atoms with Gasteiger partial charge in [-0.2, -0.15) is 4.98 Å². The summed E-state index contributed by atoms with van der Waals surface area (Å²) >= 11 is 1.64. The molecule has 3 heterocycles. The van der Waals surface area contributed by atoms with E-state index in [1.54, 1.807) is 11.8 Å². The van der Waals surface area contributed by atoms with Crippen LogP contribution >= 0.6 is 11.8 Å². The van der Waals surface area contributed by atoms with Gasteiger partial charge in [-0.15, -0.1) is 11.8 Å². The average Bonchev–Trinajstić information content (AvgIpc) is 3.31. The molecule has 1 fully saturated rings. The Bertz CT molecular complexity index is 994. The summed E-state index contributed by atoms with van der Waals surface area (Å²) in [4.78, 5) is 20.5. The summed E-state index contributed by atoms with van der Waals surface area (Å²) in [6, 6.07) is 7.78. The summed E-state index contributed by atoms with van der Waals surface area (Å²) < 4.78 is 10.6. The van der Waals surface area contributed by atoms with Crippen LogP contribution in [0.4, 0.5) is 0 Å². The maximum absolute atomic E-state index is 13.3. The van der Waals surface area contributed by atoms with Crippen LogP contribution < -0.4 is 0 Å². The van der Waals surface area contributed by atoms with Gasteiger partial charge < -0.3 is 13.9 Å².